The lowest BCUT2D eigenvalue weighted by atomic mass is 10.1. The van der Waals surface area contributed by atoms with Crippen molar-refractivity contribution in [1.82, 2.24) is 14.5 Å². The lowest BCUT2D eigenvalue weighted by molar-refractivity contribution is -0.131. The number of rotatable bonds is 6. The van der Waals surface area contributed by atoms with Crippen molar-refractivity contribution in [3.8, 4) is 11.5 Å². The number of hydrogen-bond acceptors (Lipinski definition) is 5. The van der Waals surface area contributed by atoms with E-state index in [4.69, 9.17) is 9.47 Å². The number of benzene rings is 1. The van der Waals surface area contributed by atoms with Crippen LogP contribution in [-0.2, 0) is 17.9 Å². The average molecular weight is 333 g/mol. The first-order valence-electron chi connectivity index (χ1n) is 7.19. The van der Waals surface area contributed by atoms with Gasteiger partial charge in [-0.25, -0.2) is 4.79 Å². The van der Waals surface area contributed by atoms with E-state index in [2.05, 4.69) is 4.98 Å². The van der Waals surface area contributed by atoms with E-state index in [1.54, 1.807) is 33.4 Å². The van der Waals surface area contributed by atoms with Gasteiger partial charge in [0.1, 0.15) is 18.0 Å². The molecule has 1 amide bonds. The summed E-state index contributed by atoms with van der Waals surface area (Å²) in [7, 11) is 4.73. The molecular weight excluding hydrogens is 314 g/mol. The van der Waals surface area contributed by atoms with Crippen LogP contribution in [-0.4, -0.2) is 41.6 Å². The Morgan fingerprint density at radius 2 is 1.96 bits per heavy atom. The van der Waals surface area contributed by atoms with Gasteiger partial charge in [0.25, 0.3) is 5.56 Å². The predicted molar refractivity (Wildman–Crippen MR) is 87.3 cm³/mol. The Labute approximate surface area is 138 Å². The van der Waals surface area contributed by atoms with E-state index < -0.39 is 11.2 Å². The molecule has 0 atom stereocenters. The van der Waals surface area contributed by atoms with Crippen LogP contribution in [0, 0.1) is 0 Å². The van der Waals surface area contributed by atoms with Crippen LogP contribution < -0.4 is 20.7 Å². The van der Waals surface area contributed by atoms with E-state index in [0.717, 1.165) is 10.1 Å². The molecule has 1 heterocycles. The van der Waals surface area contributed by atoms with Crippen molar-refractivity contribution in [2.24, 2.45) is 0 Å². The quantitative estimate of drug-likeness (QED) is 0.816. The highest BCUT2D eigenvalue weighted by Gasteiger charge is 2.14. The Balaban J connectivity index is 2.11. The van der Waals surface area contributed by atoms with Crippen molar-refractivity contribution in [3.63, 3.8) is 0 Å². The topological polar surface area (TPSA) is 93.6 Å². The van der Waals surface area contributed by atoms with Crippen molar-refractivity contribution >= 4 is 5.91 Å². The van der Waals surface area contributed by atoms with Crippen LogP contribution in [0.25, 0.3) is 0 Å². The number of nitrogens with one attached hydrogen (secondary N) is 1. The summed E-state index contributed by atoms with van der Waals surface area (Å²) in [6.45, 7) is 0.148. The minimum Gasteiger partial charge on any atom is -0.497 e. The van der Waals surface area contributed by atoms with Gasteiger partial charge in [0.15, 0.2) is 0 Å². The zero-order valence-electron chi connectivity index (χ0n) is 13.7. The molecule has 24 heavy (non-hydrogen) atoms. The summed E-state index contributed by atoms with van der Waals surface area (Å²) in [4.78, 5) is 38.5. The molecular formula is C16H19N3O5. The Bertz CT molecular complexity index is 840. The molecule has 0 bridgehead atoms. The molecule has 0 saturated carbocycles. The Hall–Kier alpha value is -3.03. The molecule has 2 aromatic rings. The molecule has 0 unspecified atom stereocenters. The molecule has 1 aromatic carbocycles. The fraction of sp³-hybridized carbons (Fsp3) is 0.312. The maximum absolute atomic E-state index is 12.3. The zero-order chi connectivity index (χ0) is 17.7. The smallest absolute Gasteiger partial charge is 0.328 e. The Morgan fingerprint density at radius 3 is 2.58 bits per heavy atom. The molecule has 1 N–H and O–H groups in total. The highest BCUT2D eigenvalue weighted by molar-refractivity contribution is 5.75. The number of likely N-dealkylation sites (N-methyl/N-ethyl adjacent to an activating group) is 1. The van der Waals surface area contributed by atoms with Gasteiger partial charge in [-0.2, -0.15) is 0 Å². The molecule has 0 saturated heterocycles. The fourth-order valence-electron chi connectivity index (χ4n) is 2.16. The predicted octanol–water partition coefficient (Wildman–Crippen LogP) is 0.212. The van der Waals surface area contributed by atoms with Crippen molar-refractivity contribution in [2.75, 3.05) is 21.3 Å². The number of methoxy groups -OCH3 is 2. The maximum Gasteiger partial charge on any atom is 0.328 e. The summed E-state index contributed by atoms with van der Waals surface area (Å²) in [6.07, 6.45) is 1.29. The average Bonchev–Trinajstić information content (AvgIpc) is 2.57. The van der Waals surface area contributed by atoms with Crippen molar-refractivity contribution < 1.29 is 14.3 Å². The minimum absolute atomic E-state index is 0.162. The monoisotopic (exact) mass is 333 g/mol. The van der Waals surface area contributed by atoms with Crippen molar-refractivity contribution in [3.05, 3.63) is 56.9 Å². The molecule has 0 aliphatic carbocycles. The number of nitrogens with zero attached hydrogens (tertiary/aromatic N) is 2. The third-order valence-electron chi connectivity index (χ3n) is 3.53. The van der Waals surface area contributed by atoms with Crippen LogP contribution in [0.4, 0.5) is 0 Å². The van der Waals surface area contributed by atoms with Gasteiger partial charge in [0, 0.05) is 37.5 Å². The molecule has 0 fully saturated rings. The van der Waals surface area contributed by atoms with E-state index in [9.17, 15) is 14.4 Å². The zero-order valence-corrected chi connectivity index (χ0v) is 13.7. The van der Waals surface area contributed by atoms with E-state index in [-0.39, 0.29) is 12.5 Å². The Morgan fingerprint density at radius 1 is 1.21 bits per heavy atom. The van der Waals surface area contributed by atoms with Gasteiger partial charge in [-0.05, 0) is 12.1 Å². The van der Waals surface area contributed by atoms with Gasteiger partial charge in [0.05, 0.1) is 14.2 Å². The summed E-state index contributed by atoms with van der Waals surface area (Å²) in [6, 6.07) is 6.53. The first kappa shape index (κ1) is 17.3. The molecule has 8 nitrogen and oxygen atoms in total. The first-order chi connectivity index (χ1) is 11.4. The maximum atomic E-state index is 12.3. The lowest BCUT2D eigenvalue weighted by Crippen LogP contribution is -2.36. The number of aromatic nitrogens is 2. The second kappa shape index (κ2) is 7.49. The first-order valence-corrected chi connectivity index (χ1v) is 7.19. The van der Waals surface area contributed by atoms with Gasteiger partial charge in [0.2, 0.25) is 5.91 Å². The SMILES string of the molecule is COc1ccc(CN(C)C(=O)Cn2ccc(=O)[nH]c2=O)c(OC)c1. The number of amides is 1. The van der Waals surface area contributed by atoms with Crippen LogP contribution in [0.1, 0.15) is 5.56 Å². The number of carbonyl (C=O) groups excluding carboxylic acids is 1. The summed E-state index contributed by atoms with van der Waals surface area (Å²) in [5.41, 5.74) is -0.311. The number of hydrogen-bond donors (Lipinski definition) is 1. The fourth-order valence-corrected chi connectivity index (χ4v) is 2.16. The number of carbonyl (C=O) groups is 1. The van der Waals surface area contributed by atoms with Gasteiger partial charge in [-0.1, -0.05) is 0 Å². The van der Waals surface area contributed by atoms with E-state index in [1.807, 2.05) is 6.07 Å². The van der Waals surface area contributed by atoms with Crippen LogP contribution in [0.15, 0.2) is 40.1 Å². The molecule has 8 heteroatoms. The summed E-state index contributed by atoms with van der Waals surface area (Å²) >= 11 is 0. The van der Waals surface area contributed by atoms with Gasteiger partial charge in [-0.15, -0.1) is 0 Å². The van der Waals surface area contributed by atoms with Crippen molar-refractivity contribution in [1.29, 1.82) is 0 Å². The van der Waals surface area contributed by atoms with Crippen LogP contribution in [0.3, 0.4) is 0 Å². The van der Waals surface area contributed by atoms with Gasteiger partial charge >= 0.3 is 5.69 Å². The number of H-pyrrole nitrogens is 1. The number of ether oxygens (including phenoxy) is 2. The molecule has 128 valence electrons. The molecule has 0 aliphatic heterocycles. The summed E-state index contributed by atoms with van der Waals surface area (Å²) in [5.74, 6) is 0.988. The Kier molecular flexibility index (Phi) is 5.41. The van der Waals surface area contributed by atoms with Crippen LogP contribution in [0.5, 0.6) is 11.5 Å². The summed E-state index contributed by atoms with van der Waals surface area (Å²) < 4.78 is 11.6. The third kappa shape index (κ3) is 4.03. The number of aromatic amines is 1. The summed E-state index contributed by atoms with van der Waals surface area (Å²) in [5, 5.41) is 0. The minimum atomic E-state index is -0.619. The van der Waals surface area contributed by atoms with Crippen LogP contribution in [0.2, 0.25) is 0 Å². The second-order valence-electron chi connectivity index (χ2n) is 5.17. The lowest BCUT2D eigenvalue weighted by Gasteiger charge is -2.19. The molecule has 0 aliphatic rings. The third-order valence-corrected chi connectivity index (χ3v) is 3.53. The largest absolute Gasteiger partial charge is 0.497 e. The van der Waals surface area contributed by atoms with Gasteiger partial charge < -0.3 is 14.4 Å². The van der Waals surface area contributed by atoms with E-state index in [1.165, 1.54) is 17.2 Å². The van der Waals surface area contributed by atoms with Crippen molar-refractivity contribution in [2.45, 2.75) is 13.1 Å². The highest BCUT2D eigenvalue weighted by Crippen LogP contribution is 2.25. The van der Waals surface area contributed by atoms with E-state index in [0.29, 0.717) is 18.0 Å². The van der Waals surface area contributed by atoms with Gasteiger partial charge in [-0.3, -0.25) is 19.1 Å². The molecule has 1 aromatic heterocycles. The highest BCUT2D eigenvalue weighted by atomic mass is 16.5. The molecule has 0 radical (unpaired) electrons. The van der Waals surface area contributed by atoms with E-state index >= 15 is 0 Å². The standard InChI is InChI=1S/C16H19N3O5/c1-18(9-11-4-5-12(23-2)8-13(11)24-3)15(21)10-19-7-6-14(20)17-16(19)22/h4-8H,9-10H2,1-3H3,(H,17,20,22). The normalized spacial score (nSPS) is 10.3. The van der Waals surface area contributed by atoms with Crippen LogP contribution >= 0.6 is 0 Å². The molecule has 2 rings (SSSR count). The second-order valence-corrected chi connectivity index (χ2v) is 5.17. The molecule has 0 spiro atoms.